The minimum absolute atomic E-state index is 0.466. The van der Waals surface area contributed by atoms with E-state index in [4.69, 9.17) is 14.5 Å². The lowest BCUT2D eigenvalue weighted by atomic mass is 10.2. The van der Waals surface area contributed by atoms with Crippen molar-refractivity contribution in [2.75, 3.05) is 0 Å². The molecule has 0 N–H and O–H groups in total. The number of rotatable bonds is 7. The van der Waals surface area contributed by atoms with Gasteiger partial charge in [-0.05, 0) is 0 Å². The van der Waals surface area contributed by atoms with E-state index in [9.17, 15) is 14.4 Å². The second kappa shape index (κ2) is 8.12. The van der Waals surface area contributed by atoms with Crippen molar-refractivity contribution >= 4 is 17.9 Å². The van der Waals surface area contributed by atoms with Crippen molar-refractivity contribution in [3.05, 3.63) is 0 Å². The maximum atomic E-state index is 11.9. The molecule has 0 atom stereocenters. The van der Waals surface area contributed by atoms with Gasteiger partial charge in [0.25, 0.3) is 0 Å². The maximum Gasteiger partial charge on any atom is 0.380 e. The highest BCUT2D eigenvalue weighted by atomic mass is 17.2. The van der Waals surface area contributed by atoms with Gasteiger partial charge in [-0.15, -0.1) is 0 Å². The van der Waals surface area contributed by atoms with Gasteiger partial charge in [-0.2, -0.15) is 14.5 Å². The Morgan fingerprint density at radius 3 is 0.955 bits per heavy atom. The van der Waals surface area contributed by atoms with Gasteiger partial charge in [0.05, 0.1) is 17.8 Å². The van der Waals surface area contributed by atoms with Crippen LogP contribution in [0, 0.1) is 17.8 Å². The van der Waals surface area contributed by atoms with Crippen LogP contribution in [0.2, 0.25) is 0 Å². The molecule has 0 amide bonds. The number of carbonyl (C=O) groups is 3. The standard InChI is InChI=1S/C15H28NO6/c1-9(2)13(17)20-16(12(7)8,21-14(18)10(3)4)22-15(19)11(5)6/h9-12H,1-8H3/q+1. The van der Waals surface area contributed by atoms with Crippen LogP contribution in [0.25, 0.3) is 0 Å². The molecule has 128 valence electrons. The summed E-state index contributed by atoms with van der Waals surface area (Å²) in [5.74, 6) is -3.31. The molecule has 7 heteroatoms. The Balaban J connectivity index is 5.58. The summed E-state index contributed by atoms with van der Waals surface area (Å²) in [5, 5.41) is 0. The molecule has 0 rings (SSSR count). The fourth-order valence-corrected chi connectivity index (χ4v) is 1.06. The zero-order valence-corrected chi connectivity index (χ0v) is 14.7. The largest absolute Gasteiger partial charge is 0.380 e. The zero-order chi connectivity index (χ0) is 17.7. The minimum atomic E-state index is -1.25. The Morgan fingerprint density at radius 1 is 0.591 bits per heavy atom. The first-order chi connectivity index (χ1) is 9.92. The monoisotopic (exact) mass is 318 g/mol. The molecule has 0 fully saturated rings. The first-order valence-electron chi connectivity index (χ1n) is 7.52. The van der Waals surface area contributed by atoms with Crippen molar-refractivity contribution in [2.24, 2.45) is 17.8 Å². The maximum absolute atomic E-state index is 11.9. The van der Waals surface area contributed by atoms with Gasteiger partial charge in [-0.1, -0.05) is 41.5 Å². The van der Waals surface area contributed by atoms with Crippen molar-refractivity contribution in [1.29, 1.82) is 0 Å². The second-order valence-corrected chi connectivity index (χ2v) is 6.33. The molecule has 7 nitrogen and oxygen atoms in total. The van der Waals surface area contributed by atoms with Crippen LogP contribution in [0.3, 0.4) is 0 Å². The van der Waals surface area contributed by atoms with Gasteiger partial charge in [-0.25, -0.2) is 14.4 Å². The van der Waals surface area contributed by atoms with E-state index in [-0.39, 0.29) is 0 Å². The van der Waals surface area contributed by atoms with Crippen LogP contribution in [0.15, 0.2) is 0 Å². The van der Waals surface area contributed by atoms with Gasteiger partial charge in [0.1, 0.15) is 0 Å². The summed E-state index contributed by atoms with van der Waals surface area (Å²) in [7, 11) is 0. The third-order valence-corrected chi connectivity index (χ3v) is 2.70. The highest BCUT2D eigenvalue weighted by Gasteiger charge is 2.49. The van der Waals surface area contributed by atoms with Crippen molar-refractivity contribution < 1.29 is 33.9 Å². The second-order valence-electron chi connectivity index (χ2n) is 6.33. The van der Waals surface area contributed by atoms with Crippen LogP contribution in [0.4, 0.5) is 0 Å². The summed E-state index contributed by atoms with van der Waals surface area (Å²) in [4.78, 5) is 50.2. The number of hydrogen-bond donors (Lipinski definition) is 0. The molecular weight excluding hydrogens is 290 g/mol. The molecule has 0 saturated heterocycles. The number of quaternary nitrogens is 1. The van der Waals surface area contributed by atoms with Crippen LogP contribution >= 0.6 is 0 Å². The molecule has 0 spiro atoms. The van der Waals surface area contributed by atoms with Crippen LogP contribution < -0.4 is 0 Å². The van der Waals surface area contributed by atoms with Gasteiger partial charge in [0.2, 0.25) is 11.0 Å². The summed E-state index contributed by atoms with van der Waals surface area (Å²) in [5.41, 5.74) is 0. The molecule has 0 aromatic rings. The molecule has 0 bridgehead atoms. The lowest BCUT2D eigenvalue weighted by molar-refractivity contribution is -1.35. The van der Waals surface area contributed by atoms with Crippen LogP contribution in [-0.2, 0) is 28.9 Å². The Kier molecular flexibility index (Phi) is 7.52. The number of carbonyl (C=O) groups excluding carboxylic acids is 3. The van der Waals surface area contributed by atoms with Gasteiger partial charge in [0, 0.05) is 13.8 Å². The van der Waals surface area contributed by atoms with E-state index >= 15 is 0 Å². The fraction of sp³-hybridized carbons (Fsp3) is 0.800. The lowest BCUT2D eigenvalue weighted by Gasteiger charge is -2.30. The van der Waals surface area contributed by atoms with E-state index in [0.29, 0.717) is 0 Å². The minimum Gasteiger partial charge on any atom is -0.245 e. The Bertz CT molecular complexity index is 359. The number of nitrogens with zero attached hydrogens (tertiary/aromatic N) is 1. The summed E-state index contributed by atoms with van der Waals surface area (Å²) >= 11 is 0. The molecule has 0 aromatic carbocycles. The summed E-state index contributed by atoms with van der Waals surface area (Å²) < 4.78 is 0. The van der Waals surface area contributed by atoms with Gasteiger partial charge < -0.3 is 0 Å². The number of hydroxylamine groups is 3. The van der Waals surface area contributed by atoms with E-state index in [1.807, 2.05) is 0 Å². The molecule has 0 aromatic heterocycles. The predicted molar refractivity (Wildman–Crippen MR) is 78.2 cm³/mol. The molecule has 22 heavy (non-hydrogen) atoms. The molecule has 0 heterocycles. The topological polar surface area (TPSA) is 78.9 Å². The molecular formula is C15H28NO6+. The molecule has 0 radical (unpaired) electrons. The van der Waals surface area contributed by atoms with Crippen molar-refractivity contribution in [3.8, 4) is 0 Å². The molecule has 0 aliphatic carbocycles. The van der Waals surface area contributed by atoms with Crippen LogP contribution in [-0.4, -0.2) is 28.9 Å². The summed E-state index contributed by atoms with van der Waals surface area (Å²) in [6.45, 7) is 13.0. The quantitative estimate of drug-likeness (QED) is 0.530. The Morgan fingerprint density at radius 2 is 0.818 bits per heavy atom. The van der Waals surface area contributed by atoms with E-state index < -0.39 is 46.7 Å². The van der Waals surface area contributed by atoms with Crippen LogP contribution in [0.1, 0.15) is 55.4 Å². The normalized spacial score (nSPS) is 12.0. The third-order valence-electron chi connectivity index (χ3n) is 2.70. The highest BCUT2D eigenvalue weighted by molar-refractivity contribution is 5.73. The predicted octanol–water partition coefficient (Wildman–Crippen LogP) is 2.55. The van der Waals surface area contributed by atoms with Crippen LogP contribution in [0.5, 0.6) is 0 Å². The summed E-state index contributed by atoms with van der Waals surface area (Å²) in [6.07, 6.45) is 0. The van der Waals surface area contributed by atoms with Gasteiger partial charge >= 0.3 is 17.9 Å². The van der Waals surface area contributed by atoms with E-state index in [1.54, 1.807) is 55.4 Å². The SMILES string of the molecule is CC(C)C(=O)O[N+](OC(=O)C(C)C)(OC(=O)C(C)C)C(C)C. The Hall–Kier alpha value is -1.63. The van der Waals surface area contributed by atoms with E-state index in [0.717, 1.165) is 0 Å². The average molecular weight is 318 g/mol. The van der Waals surface area contributed by atoms with E-state index in [1.165, 1.54) is 0 Å². The highest BCUT2D eigenvalue weighted by Crippen LogP contribution is 2.23. The number of hydrogen-bond acceptors (Lipinski definition) is 6. The molecule has 0 aliphatic heterocycles. The smallest absolute Gasteiger partial charge is 0.245 e. The van der Waals surface area contributed by atoms with Gasteiger partial charge in [-0.3, -0.25) is 0 Å². The van der Waals surface area contributed by atoms with Crippen molar-refractivity contribution in [3.63, 3.8) is 0 Å². The first kappa shape index (κ1) is 20.4. The third kappa shape index (κ3) is 5.63. The average Bonchev–Trinajstić information content (AvgIpc) is 2.37. The zero-order valence-electron chi connectivity index (χ0n) is 14.7. The summed E-state index contributed by atoms with van der Waals surface area (Å²) in [6, 6.07) is -0.618. The molecule has 0 unspecified atom stereocenters. The van der Waals surface area contributed by atoms with Gasteiger partial charge in [0.15, 0.2) is 0 Å². The van der Waals surface area contributed by atoms with Crippen molar-refractivity contribution in [2.45, 2.75) is 61.4 Å². The van der Waals surface area contributed by atoms with E-state index in [2.05, 4.69) is 0 Å². The first-order valence-corrected chi connectivity index (χ1v) is 7.52. The lowest BCUT2D eigenvalue weighted by Crippen LogP contribution is -2.57. The molecule has 0 saturated carbocycles. The van der Waals surface area contributed by atoms with Crippen molar-refractivity contribution in [1.82, 2.24) is 0 Å². The fourth-order valence-electron chi connectivity index (χ4n) is 1.06. The molecule has 0 aliphatic rings. The Labute approximate surface area is 132 Å².